The van der Waals surface area contributed by atoms with Gasteiger partial charge in [0.2, 0.25) is 5.82 Å². The van der Waals surface area contributed by atoms with Gasteiger partial charge in [0.1, 0.15) is 0 Å². The number of rotatable bonds is 7. The van der Waals surface area contributed by atoms with Crippen molar-refractivity contribution in [1.82, 2.24) is 15.5 Å². The minimum Gasteiger partial charge on any atom is -0.493 e. The first-order valence-electron chi connectivity index (χ1n) is 8.62. The molecular weight excluding hydrogens is 360 g/mol. The summed E-state index contributed by atoms with van der Waals surface area (Å²) in [7, 11) is 7.06. The van der Waals surface area contributed by atoms with E-state index in [1.807, 2.05) is 49.3 Å². The van der Waals surface area contributed by atoms with E-state index in [2.05, 4.69) is 15.5 Å². The fraction of sp³-hybridized carbons (Fsp3) is 0.250. The molecule has 0 radical (unpaired) electrons. The Bertz CT molecular complexity index is 951. The number of carbonyl (C=O) groups is 1. The number of hydrogen-bond acceptors (Lipinski definition) is 7. The van der Waals surface area contributed by atoms with Crippen molar-refractivity contribution < 1.29 is 18.8 Å². The van der Waals surface area contributed by atoms with Crippen LogP contribution in [0.4, 0.5) is 5.69 Å². The van der Waals surface area contributed by atoms with Gasteiger partial charge in [0.15, 0.2) is 11.5 Å². The Hall–Kier alpha value is -3.55. The maximum absolute atomic E-state index is 12.3. The zero-order valence-electron chi connectivity index (χ0n) is 16.2. The number of carbonyl (C=O) groups excluding carboxylic acids is 1. The number of benzene rings is 2. The molecule has 1 amide bonds. The second kappa shape index (κ2) is 8.43. The highest BCUT2D eigenvalue weighted by molar-refractivity contribution is 5.89. The number of nitrogens with one attached hydrogen (secondary N) is 1. The summed E-state index contributed by atoms with van der Waals surface area (Å²) in [6, 6.07) is 13.1. The van der Waals surface area contributed by atoms with Crippen LogP contribution in [-0.2, 0) is 6.54 Å². The Morgan fingerprint density at radius 1 is 1.07 bits per heavy atom. The van der Waals surface area contributed by atoms with Gasteiger partial charge in [0.25, 0.3) is 0 Å². The third kappa shape index (κ3) is 4.22. The van der Waals surface area contributed by atoms with Gasteiger partial charge in [-0.2, -0.15) is 4.98 Å². The topological polar surface area (TPSA) is 89.7 Å². The van der Waals surface area contributed by atoms with Crippen LogP contribution >= 0.6 is 0 Å². The Morgan fingerprint density at radius 3 is 2.43 bits per heavy atom. The summed E-state index contributed by atoms with van der Waals surface area (Å²) in [6.07, 6.45) is 0. The van der Waals surface area contributed by atoms with Crippen molar-refractivity contribution >= 4 is 11.6 Å². The second-order valence-electron chi connectivity index (χ2n) is 6.24. The van der Waals surface area contributed by atoms with Crippen LogP contribution in [0, 0.1) is 0 Å². The molecule has 0 saturated carbocycles. The largest absolute Gasteiger partial charge is 0.493 e. The predicted octanol–water partition coefficient (Wildman–Crippen LogP) is 2.75. The van der Waals surface area contributed by atoms with Gasteiger partial charge in [0, 0.05) is 31.9 Å². The van der Waals surface area contributed by atoms with E-state index in [-0.39, 0.29) is 12.4 Å². The van der Waals surface area contributed by atoms with Crippen LogP contribution in [0.5, 0.6) is 11.5 Å². The summed E-state index contributed by atoms with van der Waals surface area (Å²) in [5.41, 5.74) is 2.68. The first-order chi connectivity index (χ1) is 13.5. The Labute approximate surface area is 163 Å². The number of ether oxygens (including phenoxy) is 2. The highest BCUT2D eigenvalue weighted by atomic mass is 16.5. The predicted molar refractivity (Wildman–Crippen MR) is 105 cm³/mol. The quantitative estimate of drug-likeness (QED) is 0.672. The van der Waals surface area contributed by atoms with Gasteiger partial charge in [0.05, 0.1) is 14.2 Å². The van der Waals surface area contributed by atoms with Crippen molar-refractivity contribution in [3.8, 4) is 22.9 Å². The third-order valence-corrected chi connectivity index (χ3v) is 4.16. The minimum atomic E-state index is -0.446. The molecule has 3 rings (SSSR count). The van der Waals surface area contributed by atoms with Gasteiger partial charge in [-0.3, -0.25) is 4.79 Å². The van der Waals surface area contributed by atoms with Crippen molar-refractivity contribution in [2.75, 3.05) is 33.2 Å². The molecule has 0 saturated heterocycles. The molecule has 0 aliphatic heterocycles. The second-order valence-corrected chi connectivity index (χ2v) is 6.24. The molecule has 1 heterocycles. The third-order valence-electron chi connectivity index (χ3n) is 4.16. The number of hydrogen-bond donors (Lipinski definition) is 1. The molecule has 0 aliphatic rings. The van der Waals surface area contributed by atoms with E-state index in [0.29, 0.717) is 17.3 Å². The minimum absolute atomic E-state index is 0.0906. The summed E-state index contributed by atoms with van der Waals surface area (Å²) in [4.78, 5) is 18.5. The molecule has 0 aliphatic carbocycles. The van der Waals surface area contributed by atoms with Crippen LogP contribution in [0.15, 0.2) is 47.0 Å². The number of methoxy groups -OCH3 is 2. The molecule has 3 aromatic rings. The van der Waals surface area contributed by atoms with E-state index in [9.17, 15) is 4.79 Å². The van der Waals surface area contributed by atoms with E-state index in [0.717, 1.165) is 16.8 Å². The smallest absolute Gasteiger partial charge is 0.316 e. The lowest BCUT2D eigenvalue weighted by Crippen LogP contribution is -2.23. The van der Waals surface area contributed by atoms with Crippen LogP contribution in [0.25, 0.3) is 11.4 Å². The summed E-state index contributed by atoms with van der Waals surface area (Å²) >= 11 is 0. The van der Waals surface area contributed by atoms with Crippen LogP contribution in [0.3, 0.4) is 0 Å². The lowest BCUT2D eigenvalue weighted by molar-refractivity contribution is 0.0907. The summed E-state index contributed by atoms with van der Waals surface area (Å²) in [5.74, 6) is 1.04. The average Bonchev–Trinajstić information content (AvgIpc) is 3.22. The van der Waals surface area contributed by atoms with Gasteiger partial charge < -0.3 is 24.2 Å². The van der Waals surface area contributed by atoms with Crippen LogP contribution < -0.4 is 19.7 Å². The molecule has 2 aromatic carbocycles. The lowest BCUT2D eigenvalue weighted by Gasteiger charge is -2.11. The molecule has 0 atom stereocenters. The first-order valence-corrected chi connectivity index (χ1v) is 8.62. The SMILES string of the molecule is COc1ccc(CNC(=O)c2nc(-c3ccc(N(C)C)cc3)no2)cc1OC. The normalized spacial score (nSPS) is 10.4. The maximum atomic E-state index is 12.3. The fourth-order valence-electron chi connectivity index (χ4n) is 2.59. The molecule has 1 N–H and O–H groups in total. The molecule has 146 valence electrons. The molecule has 0 bridgehead atoms. The van der Waals surface area contributed by atoms with Gasteiger partial charge in [-0.1, -0.05) is 11.2 Å². The van der Waals surface area contributed by atoms with E-state index in [4.69, 9.17) is 14.0 Å². The summed E-state index contributed by atoms with van der Waals surface area (Å²) in [5, 5.41) is 6.64. The van der Waals surface area contributed by atoms with Gasteiger partial charge >= 0.3 is 11.8 Å². The van der Waals surface area contributed by atoms with Crippen LogP contribution in [-0.4, -0.2) is 44.4 Å². The van der Waals surface area contributed by atoms with Gasteiger partial charge in [-0.25, -0.2) is 0 Å². The van der Waals surface area contributed by atoms with E-state index in [1.54, 1.807) is 26.4 Å². The Morgan fingerprint density at radius 2 is 1.79 bits per heavy atom. The number of nitrogens with zero attached hydrogens (tertiary/aromatic N) is 3. The molecule has 28 heavy (non-hydrogen) atoms. The van der Waals surface area contributed by atoms with Gasteiger partial charge in [-0.05, 0) is 42.0 Å². The van der Waals surface area contributed by atoms with E-state index in [1.165, 1.54) is 0 Å². The Balaban J connectivity index is 1.66. The highest BCUT2D eigenvalue weighted by Gasteiger charge is 2.16. The average molecular weight is 382 g/mol. The lowest BCUT2D eigenvalue weighted by atomic mass is 10.2. The number of aromatic nitrogens is 2. The molecule has 0 fully saturated rings. The molecule has 8 nitrogen and oxygen atoms in total. The van der Waals surface area contributed by atoms with Gasteiger partial charge in [-0.15, -0.1) is 0 Å². The van der Waals surface area contributed by atoms with Crippen molar-refractivity contribution in [1.29, 1.82) is 0 Å². The van der Waals surface area contributed by atoms with Crippen molar-refractivity contribution in [3.63, 3.8) is 0 Å². The summed E-state index contributed by atoms with van der Waals surface area (Å²) in [6.45, 7) is 0.286. The zero-order valence-corrected chi connectivity index (χ0v) is 16.2. The Kier molecular flexibility index (Phi) is 5.78. The van der Waals surface area contributed by atoms with Crippen molar-refractivity contribution in [2.24, 2.45) is 0 Å². The highest BCUT2D eigenvalue weighted by Crippen LogP contribution is 2.27. The van der Waals surface area contributed by atoms with Crippen molar-refractivity contribution in [2.45, 2.75) is 6.54 Å². The first kappa shape index (κ1) is 19.2. The zero-order chi connectivity index (χ0) is 20.1. The van der Waals surface area contributed by atoms with Crippen molar-refractivity contribution in [3.05, 3.63) is 53.9 Å². The van der Waals surface area contributed by atoms with Crippen LogP contribution in [0.1, 0.15) is 16.2 Å². The number of anilines is 1. The fourth-order valence-corrected chi connectivity index (χ4v) is 2.59. The van der Waals surface area contributed by atoms with Crippen LogP contribution in [0.2, 0.25) is 0 Å². The summed E-state index contributed by atoms with van der Waals surface area (Å²) < 4.78 is 15.6. The van der Waals surface area contributed by atoms with E-state index >= 15 is 0 Å². The monoisotopic (exact) mass is 382 g/mol. The number of amides is 1. The standard InChI is InChI=1S/C20H22N4O4/c1-24(2)15-8-6-14(7-9-15)18-22-20(28-23-18)19(25)21-12-13-5-10-16(26-3)17(11-13)27-4/h5-11H,12H2,1-4H3,(H,21,25). The maximum Gasteiger partial charge on any atom is 0.316 e. The molecular formula is C20H22N4O4. The molecule has 0 unspecified atom stereocenters. The molecule has 0 spiro atoms. The molecule has 1 aromatic heterocycles. The molecule has 8 heteroatoms. The van der Waals surface area contributed by atoms with E-state index < -0.39 is 5.91 Å².